The molecule has 3 aromatic rings. The van der Waals surface area contributed by atoms with Crippen LogP contribution in [0.3, 0.4) is 0 Å². The number of hydrogen-bond donors (Lipinski definition) is 1. The van der Waals surface area contributed by atoms with Gasteiger partial charge in [-0.2, -0.15) is 0 Å². The van der Waals surface area contributed by atoms with E-state index < -0.39 is 5.97 Å². The van der Waals surface area contributed by atoms with E-state index in [4.69, 9.17) is 24.2 Å². The Hall–Kier alpha value is -4.26. The summed E-state index contributed by atoms with van der Waals surface area (Å²) in [5.41, 5.74) is 3.25. The van der Waals surface area contributed by atoms with Crippen molar-refractivity contribution in [3.8, 4) is 17.2 Å². The van der Waals surface area contributed by atoms with Gasteiger partial charge in [-0.1, -0.05) is 47.6 Å². The van der Waals surface area contributed by atoms with Crippen molar-refractivity contribution in [2.45, 2.75) is 6.61 Å². The van der Waals surface area contributed by atoms with Crippen LogP contribution in [0.4, 0.5) is 0 Å². The standard InChI is InChI=1S/C26H25NO6/c1-30-25-16-23(14-10-21(25)11-15-26(28)29)32-17-19-8-12-22(13-9-19)33-18-24(27-31-2)20-6-4-3-5-7-20/h3-16H,17-18H2,1-2H3,(H,28,29)/b15-11?,27-24+. The van der Waals surface area contributed by atoms with E-state index >= 15 is 0 Å². The second kappa shape index (κ2) is 12.0. The van der Waals surface area contributed by atoms with Crippen molar-refractivity contribution in [1.29, 1.82) is 0 Å². The third-order valence-electron chi connectivity index (χ3n) is 4.62. The van der Waals surface area contributed by atoms with Gasteiger partial charge in [-0.05, 0) is 35.9 Å². The first-order chi connectivity index (χ1) is 16.1. The number of carboxylic acids is 1. The van der Waals surface area contributed by atoms with E-state index in [-0.39, 0.29) is 6.61 Å². The monoisotopic (exact) mass is 447 g/mol. The fourth-order valence-corrected chi connectivity index (χ4v) is 2.98. The van der Waals surface area contributed by atoms with Gasteiger partial charge >= 0.3 is 5.97 Å². The molecule has 0 amide bonds. The zero-order chi connectivity index (χ0) is 23.5. The molecule has 0 aromatic heterocycles. The first-order valence-corrected chi connectivity index (χ1v) is 10.2. The minimum Gasteiger partial charge on any atom is -0.496 e. The predicted octanol–water partition coefficient (Wildman–Crippen LogP) is 4.80. The minimum atomic E-state index is -1.02. The lowest BCUT2D eigenvalue weighted by Gasteiger charge is -2.11. The number of oxime groups is 1. The molecule has 0 unspecified atom stereocenters. The summed E-state index contributed by atoms with van der Waals surface area (Å²) in [6, 6.07) is 22.5. The first kappa shape index (κ1) is 23.4. The van der Waals surface area contributed by atoms with Crippen LogP contribution in [0.2, 0.25) is 0 Å². The third kappa shape index (κ3) is 7.14. The molecule has 0 atom stereocenters. The van der Waals surface area contributed by atoms with Crippen LogP contribution >= 0.6 is 0 Å². The molecule has 170 valence electrons. The molecule has 3 rings (SSSR count). The number of carboxylic acid groups (broad SMARTS) is 1. The second-order valence-electron chi connectivity index (χ2n) is 6.88. The van der Waals surface area contributed by atoms with Crippen LogP contribution in [-0.4, -0.2) is 37.6 Å². The summed E-state index contributed by atoms with van der Waals surface area (Å²) >= 11 is 0. The number of benzene rings is 3. The Kier molecular flexibility index (Phi) is 8.48. The normalized spacial score (nSPS) is 11.3. The Balaban J connectivity index is 1.57. The molecule has 1 N–H and O–H groups in total. The molecule has 0 aliphatic rings. The lowest BCUT2D eigenvalue weighted by molar-refractivity contribution is -0.131. The average molecular weight is 447 g/mol. The number of nitrogens with zero attached hydrogens (tertiary/aromatic N) is 1. The van der Waals surface area contributed by atoms with Crippen LogP contribution in [0.1, 0.15) is 16.7 Å². The van der Waals surface area contributed by atoms with Gasteiger partial charge in [0.05, 0.1) is 7.11 Å². The van der Waals surface area contributed by atoms with Crippen molar-refractivity contribution in [1.82, 2.24) is 0 Å². The van der Waals surface area contributed by atoms with Gasteiger partial charge in [-0.25, -0.2) is 4.79 Å². The van der Waals surface area contributed by atoms with Crippen LogP contribution < -0.4 is 14.2 Å². The molecule has 0 aliphatic carbocycles. The average Bonchev–Trinajstić information content (AvgIpc) is 2.85. The zero-order valence-corrected chi connectivity index (χ0v) is 18.4. The Morgan fingerprint density at radius 2 is 1.67 bits per heavy atom. The summed E-state index contributed by atoms with van der Waals surface area (Å²) in [4.78, 5) is 15.7. The van der Waals surface area contributed by atoms with Crippen molar-refractivity contribution < 1.29 is 28.9 Å². The largest absolute Gasteiger partial charge is 0.496 e. The van der Waals surface area contributed by atoms with E-state index in [0.717, 1.165) is 17.2 Å². The predicted molar refractivity (Wildman–Crippen MR) is 126 cm³/mol. The smallest absolute Gasteiger partial charge is 0.328 e. The molecule has 0 bridgehead atoms. The van der Waals surface area contributed by atoms with Gasteiger partial charge in [-0.15, -0.1) is 0 Å². The summed E-state index contributed by atoms with van der Waals surface area (Å²) in [6.45, 7) is 0.629. The number of rotatable bonds is 11. The molecule has 3 aromatic carbocycles. The molecule has 0 spiro atoms. The van der Waals surface area contributed by atoms with Crippen molar-refractivity contribution >= 4 is 17.8 Å². The molecule has 0 saturated heterocycles. The zero-order valence-electron chi connectivity index (χ0n) is 18.4. The van der Waals surface area contributed by atoms with Gasteiger partial charge in [0, 0.05) is 23.3 Å². The second-order valence-corrected chi connectivity index (χ2v) is 6.88. The van der Waals surface area contributed by atoms with Gasteiger partial charge in [0.25, 0.3) is 0 Å². The van der Waals surface area contributed by atoms with E-state index in [0.29, 0.717) is 35.1 Å². The third-order valence-corrected chi connectivity index (χ3v) is 4.62. The van der Waals surface area contributed by atoms with Gasteiger partial charge in [-0.3, -0.25) is 0 Å². The molecule has 0 aliphatic heterocycles. The van der Waals surface area contributed by atoms with E-state index in [1.807, 2.05) is 54.6 Å². The molecular weight excluding hydrogens is 422 g/mol. The summed E-state index contributed by atoms with van der Waals surface area (Å²) in [5, 5.41) is 12.8. The molecule has 0 radical (unpaired) electrons. The first-order valence-electron chi connectivity index (χ1n) is 10.2. The highest BCUT2D eigenvalue weighted by Gasteiger charge is 2.07. The van der Waals surface area contributed by atoms with E-state index in [9.17, 15) is 4.79 Å². The van der Waals surface area contributed by atoms with Crippen LogP contribution in [0, 0.1) is 0 Å². The minimum absolute atomic E-state index is 0.274. The van der Waals surface area contributed by atoms with Crippen molar-refractivity contribution in [3.05, 3.63) is 95.6 Å². The molecule has 33 heavy (non-hydrogen) atoms. The van der Waals surface area contributed by atoms with Gasteiger partial charge in [0.1, 0.15) is 43.3 Å². The molecular formula is C26H25NO6. The van der Waals surface area contributed by atoms with Gasteiger partial charge in [0.15, 0.2) is 0 Å². The van der Waals surface area contributed by atoms with Gasteiger partial charge < -0.3 is 24.2 Å². The fourth-order valence-electron chi connectivity index (χ4n) is 2.98. The van der Waals surface area contributed by atoms with Crippen molar-refractivity contribution in [2.75, 3.05) is 20.8 Å². The SMILES string of the molecule is CO/N=C(\COc1ccc(COc2ccc(C=CC(=O)O)c(OC)c2)cc1)c1ccccc1. The number of ether oxygens (including phenoxy) is 3. The van der Waals surface area contributed by atoms with Crippen LogP contribution in [0.25, 0.3) is 6.08 Å². The van der Waals surface area contributed by atoms with Crippen LogP contribution in [0.15, 0.2) is 84.0 Å². The molecule has 7 heteroatoms. The molecule has 0 saturated carbocycles. The Morgan fingerprint density at radius 3 is 2.33 bits per heavy atom. The maximum atomic E-state index is 10.7. The molecule has 0 heterocycles. The Labute approximate surface area is 192 Å². The Morgan fingerprint density at radius 1 is 0.939 bits per heavy atom. The summed E-state index contributed by atoms with van der Waals surface area (Å²) in [7, 11) is 3.03. The summed E-state index contributed by atoms with van der Waals surface area (Å²) < 4.78 is 17.0. The number of hydrogen-bond acceptors (Lipinski definition) is 6. The van der Waals surface area contributed by atoms with Gasteiger partial charge in [0.2, 0.25) is 0 Å². The Bertz CT molecular complexity index is 1110. The van der Waals surface area contributed by atoms with Crippen LogP contribution in [-0.2, 0) is 16.2 Å². The maximum Gasteiger partial charge on any atom is 0.328 e. The number of methoxy groups -OCH3 is 1. The topological polar surface area (TPSA) is 86.6 Å². The quantitative estimate of drug-likeness (QED) is 0.258. The highest BCUT2D eigenvalue weighted by molar-refractivity contribution is 6.01. The van der Waals surface area contributed by atoms with E-state index in [2.05, 4.69) is 5.16 Å². The molecule has 0 fully saturated rings. The number of aliphatic carboxylic acids is 1. The van der Waals surface area contributed by atoms with E-state index in [1.165, 1.54) is 20.3 Å². The fraction of sp³-hybridized carbons (Fsp3) is 0.154. The lowest BCUT2D eigenvalue weighted by atomic mass is 10.1. The summed E-state index contributed by atoms with van der Waals surface area (Å²) in [5.74, 6) is 0.824. The van der Waals surface area contributed by atoms with Crippen molar-refractivity contribution in [2.24, 2.45) is 5.16 Å². The summed E-state index contributed by atoms with van der Waals surface area (Å²) in [6.07, 6.45) is 2.54. The highest BCUT2D eigenvalue weighted by atomic mass is 16.6. The van der Waals surface area contributed by atoms with E-state index in [1.54, 1.807) is 18.2 Å². The number of carbonyl (C=O) groups is 1. The lowest BCUT2D eigenvalue weighted by Crippen LogP contribution is -2.13. The maximum absolute atomic E-state index is 10.7. The van der Waals surface area contributed by atoms with Crippen molar-refractivity contribution in [3.63, 3.8) is 0 Å². The highest BCUT2D eigenvalue weighted by Crippen LogP contribution is 2.26. The van der Waals surface area contributed by atoms with Crippen LogP contribution in [0.5, 0.6) is 17.2 Å². The molecule has 7 nitrogen and oxygen atoms in total.